The largest absolute Gasteiger partial charge is 0.305 e. The van der Waals surface area contributed by atoms with Gasteiger partial charge in [0.15, 0.2) is 12.4 Å². The molecule has 0 aliphatic heterocycles. The molecule has 0 bridgehead atoms. The van der Waals surface area contributed by atoms with Gasteiger partial charge in [0.25, 0.3) is 0 Å². The number of rotatable bonds is 5. The van der Waals surface area contributed by atoms with E-state index in [9.17, 15) is 4.79 Å². The molecule has 0 spiro atoms. The van der Waals surface area contributed by atoms with Gasteiger partial charge < -0.3 is 0 Å². The Morgan fingerprint density at radius 1 is 1.20 bits per heavy atom. The summed E-state index contributed by atoms with van der Waals surface area (Å²) in [5.41, 5.74) is 4.77. The summed E-state index contributed by atoms with van der Waals surface area (Å²) < 4.78 is 1.79. The molecule has 0 saturated carbocycles. The predicted molar refractivity (Wildman–Crippen MR) is 78.2 cm³/mol. The van der Waals surface area contributed by atoms with Crippen molar-refractivity contribution in [2.75, 3.05) is 0 Å². The second-order valence-electron chi connectivity index (χ2n) is 4.44. The fourth-order valence-corrected chi connectivity index (χ4v) is 1.76. The van der Waals surface area contributed by atoms with E-state index in [1.807, 2.05) is 42.7 Å². The van der Waals surface area contributed by atoms with E-state index in [1.165, 1.54) is 5.56 Å². The van der Waals surface area contributed by atoms with Crippen LogP contribution in [-0.2, 0) is 17.8 Å². The van der Waals surface area contributed by atoms with E-state index in [1.54, 1.807) is 10.8 Å². The van der Waals surface area contributed by atoms with Crippen LogP contribution in [0.2, 0.25) is 0 Å². The van der Waals surface area contributed by atoms with Crippen LogP contribution in [0.5, 0.6) is 0 Å². The molecular formula is C16H18N3O+. The number of hydrogen-bond acceptors (Lipinski definition) is 2. The number of nitrogens with one attached hydrogen (secondary N) is 1. The zero-order valence-corrected chi connectivity index (χ0v) is 11.5. The van der Waals surface area contributed by atoms with Crippen molar-refractivity contribution in [3.05, 3.63) is 66.0 Å². The molecule has 2 aromatic rings. The van der Waals surface area contributed by atoms with E-state index < -0.39 is 0 Å². The molecule has 0 fully saturated rings. The molecule has 0 radical (unpaired) electrons. The standard InChI is InChI=1S/C16H17N3O/c1-2-14-6-8-15(9-7-14)12-17-18-16(20)13-19-10-4-3-5-11-19/h3-12H,2,13H2,1H3/p+1/b17-12+. The highest BCUT2D eigenvalue weighted by molar-refractivity contribution is 5.81. The first kappa shape index (κ1) is 13.9. The molecule has 0 unspecified atom stereocenters. The van der Waals surface area contributed by atoms with E-state index in [0.717, 1.165) is 12.0 Å². The number of pyridine rings is 1. The van der Waals surface area contributed by atoms with Gasteiger partial charge in [0, 0.05) is 12.1 Å². The van der Waals surface area contributed by atoms with Crippen molar-refractivity contribution in [2.24, 2.45) is 5.10 Å². The zero-order valence-electron chi connectivity index (χ0n) is 11.5. The summed E-state index contributed by atoms with van der Waals surface area (Å²) in [4.78, 5) is 11.7. The molecule has 1 heterocycles. The van der Waals surface area contributed by atoms with Crippen molar-refractivity contribution >= 4 is 12.1 Å². The van der Waals surface area contributed by atoms with Crippen LogP contribution in [0.1, 0.15) is 18.1 Å². The third-order valence-electron chi connectivity index (χ3n) is 2.89. The second-order valence-corrected chi connectivity index (χ2v) is 4.44. The van der Waals surface area contributed by atoms with Crippen molar-refractivity contribution in [1.29, 1.82) is 0 Å². The molecule has 0 aliphatic carbocycles. The minimum Gasteiger partial charge on any atom is -0.266 e. The van der Waals surface area contributed by atoms with E-state index in [-0.39, 0.29) is 12.5 Å². The normalized spacial score (nSPS) is 10.7. The Kier molecular flexibility index (Phi) is 5.00. The summed E-state index contributed by atoms with van der Waals surface area (Å²) >= 11 is 0. The maximum absolute atomic E-state index is 11.7. The summed E-state index contributed by atoms with van der Waals surface area (Å²) in [6.45, 7) is 2.37. The number of benzene rings is 1. The Morgan fingerprint density at radius 2 is 1.90 bits per heavy atom. The Morgan fingerprint density at radius 3 is 2.55 bits per heavy atom. The Labute approximate surface area is 118 Å². The molecule has 0 atom stereocenters. The van der Waals surface area contributed by atoms with Crippen LogP contribution < -0.4 is 9.99 Å². The van der Waals surface area contributed by atoms with Gasteiger partial charge in [-0.1, -0.05) is 37.3 Å². The van der Waals surface area contributed by atoms with Gasteiger partial charge in [-0.05, 0) is 17.5 Å². The fraction of sp³-hybridized carbons (Fsp3) is 0.188. The average molecular weight is 268 g/mol. The van der Waals surface area contributed by atoms with Crippen molar-refractivity contribution in [3.63, 3.8) is 0 Å². The number of aryl methyl sites for hydroxylation is 1. The van der Waals surface area contributed by atoms with Crippen LogP contribution in [0.3, 0.4) is 0 Å². The zero-order chi connectivity index (χ0) is 14.2. The second kappa shape index (κ2) is 7.19. The highest BCUT2D eigenvalue weighted by Crippen LogP contribution is 2.02. The lowest BCUT2D eigenvalue weighted by molar-refractivity contribution is -0.684. The molecule has 102 valence electrons. The topological polar surface area (TPSA) is 45.3 Å². The summed E-state index contributed by atoms with van der Waals surface area (Å²) in [5.74, 6) is -0.150. The summed E-state index contributed by atoms with van der Waals surface area (Å²) in [6.07, 6.45) is 6.34. The molecule has 0 saturated heterocycles. The van der Waals surface area contributed by atoms with Crippen molar-refractivity contribution < 1.29 is 9.36 Å². The van der Waals surface area contributed by atoms with Gasteiger partial charge in [0.05, 0.1) is 6.21 Å². The SMILES string of the molecule is CCc1ccc(/C=N/NC(=O)C[n+]2ccccc2)cc1. The van der Waals surface area contributed by atoms with Gasteiger partial charge in [-0.3, -0.25) is 4.79 Å². The minimum absolute atomic E-state index is 0.150. The Hall–Kier alpha value is -2.49. The Balaban J connectivity index is 1.84. The average Bonchev–Trinajstić information content (AvgIpc) is 2.49. The van der Waals surface area contributed by atoms with E-state index in [0.29, 0.717) is 0 Å². The maximum atomic E-state index is 11.7. The smallest absolute Gasteiger partial charge is 0.266 e. The third kappa shape index (κ3) is 4.31. The monoisotopic (exact) mass is 268 g/mol. The molecule has 4 nitrogen and oxygen atoms in total. The number of nitrogens with zero attached hydrogens (tertiary/aromatic N) is 2. The highest BCUT2D eigenvalue weighted by Gasteiger charge is 2.06. The number of amides is 1. The van der Waals surface area contributed by atoms with Gasteiger partial charge in [-0.15, -0.1) is 0 Å². The van der Waals surface area contributed by atoms with Gasteiger partial charge in [-0.2, -0.15) is 9.67 Å². The number of aromatic nitrogens is 1. The van der Waals surface area contributed by atoms with Crippen molar-refractivity contribution in [3.8, 4) is 0 Å². The predicted octanol–water partition coefficient (Wildman–Crippen LogP) is 1.69. The van der Waals surface area contributed by atoms with Gasteiger partial charge in [0.2, 0.25) is 6.54 Å². The lowest BCUT2D eigenvalue weighted by atomic mass is 10.1. The molecule has 1 aromatic carbocycles. The highest BCUT2D eigenvalue weighted by atomic mass is 16.2. The molecule has 2 rings (SSSR count). The summed E-state index contributed by atoms with van der Waals surface area (Å²) in [5, 5.41) is 3.96. The molecule has 1 aromatic heterocycles. The minimum atomic E-state index is -0.150. The first-order chi connectivity index (χ1) is 9.78. The number of carbonyl (C=O) groups is 1. The number of hydrogen-bond donors (Lipinski definition) is 1. The lowest BCUT2D eigenvalue weighted by Crippen LogP contribution is -2.40. The van der Waals surface area contributed by atoms with Gasteiger partial charge in [-0.25, -0.2) is 5.43 Å². The number of carbonyl (C=O) groups excluding carboxylic acids is 1. The number of hydrazone groups is 1. The van der Waals surface area contributed by atoms with Crippen LogP contribution in [0.15, 0.2) is 60.0 Å². The van der Waals surface area contributed by atoms with Crippen LogP contribution in [0, 0.1) is 0 Å². The maximum Gasteiger partial charge on any atom is 0.305 e. The van der Waals surface area contributed by atoms with Crippen molar-refractivity contribution in [2.45, 2.75) is 19.9 Å². The first-order valence-corrected chi connectivity index (χ1v) is 6.63. The van der Waals surface area contributed by atoms with Gasteiger partial charge >= 0.3 is 5.91 Å². The summed E-state index contributed by atoms with van der Waals surface area (Å²) in [7, 11) is 0. The van der Waals surface area contributed by atoms with Crippen LogP contribution >= 0.6 is 0 Å². The van der Waals surface area contributed by atoms with E-state index in [2.05, 4.69) is 29.6 Å². The molecule has 4 heteroatoms. The van der Waals surface area contributed by atoms with Crippen LogP contribution in [-0.4, -0.2) is 12.1 Å². The molecule has 20 heavy (non-hydrogen) atoms. The van der Waals surface area contributed by atoms with Crippen LogP contribution in [0.4, 0.5) is 0 Å². The Bertz CT molecular complexity index is 576. The van der Waals surface area contributed by atoms with Gasteiger partial charge in [0.1, 0.15) is 0 Å². The molecular weight excluding hydrogens is 250 g/mol. The van der Waals surface area contributed by atoms with E-state index in [4.69, 9.17) is 0 Å². The van der Waals surface area contributed by atoms with Crippen LogP contribution in [0.25, 0.3) is 0 Å². The quantitative estimate of drug-likeness (QED) is 0.500. The lowest BCUT2D eigenvalue weighted by Gasteiger charge is -1.98. The molecule has 0 aliphatic rings. The van der Waals surface area contributed by atoms with E-state index >= 15 is 0 Å². The van der Waals surface area contributed by atoms with Crippen molar-refractivity contribution in [1.82, 2.24) is 5.43 Å². The fourth-order valence-electron chi connectivity index (χ4n) is 1.76. The first-order valence-electron chi connectivity index (χ1n) is 6.63. The molecule has 1 N–H and O–H groups in total. The third-order valence-corrected chi connectivity index (χ3v) is 2.89. The molecule has 1 amide bonds. The summed E-state index contributed by atoms with van der Waals surface area (Å²) in [6, 6.07) is 13.8.